The first-order chi connectivity index (χ1) is 8.22. The second-order valence-electron chi connectivity index (χ2n) is 3.69. The van der Waals surface area contributed by atoms with Gasteiger partial charge in [0.15, 0.2) is 5.15 Å². The summed E-state index contributed by atoms with van der Waals surface area (Å²) < 4.78 is 1.01. The van der Waals surface area contributed by atoms with E-state index in [0.717, 1.165) is 34.5 Å². The number of hydrogen-bond acceptors (Lipinski definition) is 2. The summed E-state index contributed by atoms with van der Waals surface area (Å²) in [6, 6.07) is 7.93. The molecule has 0 aliphatic carbocycles. The number of halogens is 2. The summed E-state index contributed by atoms with van der Waals surface area (Å²) in [4.78, 5) is 7.61. The van der Waals surface area contributed by atoms with Gasteiger partial charge in [0.2, 0.25) is 0 Å². The maximum Gasteiger partial charge on any atom is 0.150 e. The van der Waals surface area contributed by atoms with Crippen LogP contribution in [0, 0.1) is 0 Å². The third-order valence-corrected chi connectivity index (χ3v) is 3.49. The van der Waals surface area contributed by atoms with Gasteiger partial charge in [-0.15, -0.1) is 0 Å². The Kier molecular flexibility index (Phi) is 4.20. The Morgan fingerprint density at radius 1 is 1.41 bits per heavy atom. The summed E-state index contributed by atoms with van der Waals surface area (Å²) in [5, 5.41) is 3.64. The van der Waals surface area contributed by atoms with Crippen LogP contribution in [0.25, 0.3) is 11.4 Å². The van der Waals surface area contributed by atoms with Crippen molar-refractivity contribution in [1.82, 2.24) is 15.3 Å². The van der Waals surface area contributed by atoms with Gasteiger partial charge in [-0.3, -0.25) is 0 Å². The van der Waals surface area contributed by atoms with E-state index in [1.54, 1.807) is 0 Å². The maximum absolute atomic E-state index is 6.10. The number of nitrogens with one attached hydrogen (secondary N) is 2. The number of likely N-dealkylation sites (N-methyl/N-ethyl adjacent to an activating group) is 1. The van der Waals surface area contributed by atoms with Crippen molar-refractivity contribution in [2.24, 2.45) is 0 Å². The van der Waals surface area contributed by atoms with Crippen molar-refractivity contribution in [3.63, 3.8) is 0 Å². The average Bonchev–Trinajstić information content (AvgIpc) is 2.68. The number of aromatic nitrogens is 2. The molecule has 0 saturated carbocycles. The minimum atomic E-state index is 0.547. The zero-order valence-corrected chi connectivity index (χ0v) is 11.8. The van der Waals surface area contributed by atoms with Gasteiger partial charge in [0, 0.05) is 23.0 Å². The largest absolute Gasteiger partial charge is 0.340 e. The molecule has 0 radical (unpaired) electrons. The van der Waals surface area contributed by atoms with E-state index in [1.807, 2.05) is 31.3 Å². The molecule has 0 unspecified atom stereocenters. The SMILES string of the molecule is CNCCc1[nH]c(-c2ccccc2Br)nc1Cl. The zero-order valence-electron chi connectivity index (χ0n) is 9.43. The molecule has 5 heteroatoms. The Morgan fingerprint density at radius 2 is 2.18 bits per heavy atom. The number of aromatic amines is 1. The van der Waals surface area contributed by atoms with Crippen LogP contribution >= 0.6 is 27.5 Å². The van der Waals surface area contributed by atoms with Crippen molar-refractivity contribution < 1.29 is 0 Å². The molecule has 1 aromatic carbocycles. The lowest BCUT2D eigenvalue weighted by Gasteiger charge is -1.99. The molecule has 0 fully saturated rings. The van der Waals surface area contributed by atoms with Gasteiger partial charge in [0.1, 0.15) is 5.82 Å². The van der Waals surface area contributed by atoms with Gasteiger partial charge in [-0.05, 0) is 13.1 Å². The van der Waals surface area contributed by atoms with Crippen molar-refractivity contribution in [2.45, 2.75) is 6.42 Å². The van der Waals surface area contributed by atoms with Crippen LogP contribution in [0.2, 0.25) is 5.15 Å². The summed E-state index contributed by atoms with van der Waals surface area (Å²) >= 11 is 9.60. The normalized spacial score (nSPS) is 10.8. The van der Waals surface area contributed by atoms with Crippen LogP contribution in [0.5, 0.6) is 0 Å². The quantitative estimate of drug-likeness (QED) is 0.909. The van der Waals surface area contributed by atoms with Crippen LogP contribution in [-0.2, 0) is 6.42 Å². The van der Waals surface area contributed by atoms with E-state index in [2.05, 4.69) is 31.2 Å². The lowest BCUT2D eigenvalue weighted by atomic mass is 10.2. The molecule has 2 aromatic rings. The Morgan fingerprint density at radius 3 is 2.88 bits per heavy atom. The lowest BCUT2D eigenvalue weighted by Crippen LogP contribution is -2.10. The van der Waals surface area contributed by atoms with Crippen LogP contribution in [0.4, 0.5) is 0 Å². The van der Waals surface area contributed by atoms with Gasteiger partial charge in [0.05, 0.1) is 5.69 Å². The van der Waals surface area contributed by atoms with E-state index in [-0.39, 0.29) is 0 Å². The van der Waals surface area contributed by atoms with Crippen LogP contribution in [-0.4, -0.2) is 23.6 Å². The van der Waals surface area contributed by atoms with Crippen molar-refractivity contribution in [2.75, 3.05) is 13.6 Å². The first-order valence-corrected chi connectivity index (χ1v) is 6.53. The third-order valence-electron chi connectivity index (χ3n) is 2.48. The highest BCUT2D eigenvalue weighted by Crippen LogP contribution is 2.27. The fourth-order valence-electron chi connectivity index (χ4n) is 1.58. The van der Waals surface area contributed by atoms with Gasteiger partial charge in [-0.1, -0.05) is 45.7 Å². The molecule has 1 heterocycles. The summed E-state index contributed by atoms with van der Waals surface area (Å²) in [6.45, 7) is 0.872. The number of hydrogen-bond donors (Lipinski definition) is 2. The van der Waals surface area contributed by atoms with E-state index in [9.17, 15) is 0 Å². The van der Waals surface area contributed by atoms with Gasteiger partial charge in [-0.25, -0.2) is 4.98 Å². The molecule has 90 valence electrons. The number of imidazole rings is 1. The summed E-state index contributed by atoms with van der Waals surface area (Å²) in [5.41, 5.74) is 1.98. The van der Waals surface area contributed by atoms with Crippen molar-refractivity contribution in [3.05, 3.63) is 39.6 Å². The Bertz CT molecular complexity index is 510. The second-order valence-corrected chi connectivity index (χ2v) is 4.90. The fraction of sp³-hybridized carbons (Fsp3) is 0.250. The highest BCUT2D eigenvalue weighted by Gasteiger charge is 2.11. The van der Waals surface area contributed by atoms with Crippen LogP contribution in [0.1, 0.15) is 5.69 Å². The highest BCUT2D eigenvalue weighted by molar-refractivity contribution is 9.10. The smallest absolute Gasteiger partial charge is 0.150 e. The van der Waals surface area contributed by atoms with Gasteiger partial charge >= 0.3 is 0 Å². The zero-order chi connectivity index (χ0) is 12.3. The molecule has 3 nitrogen and oxygen atoms in total. The molecular weight excluding hydrogens is 302 g/mol. The topological polar surface area (TPSA) is 40.7 Å². The van der Waals surface area contributed by atoms with E-state index in [4.69, 9.17) is 11.6 Å². The predicted molar refractivity (Wildman–Crippen MR) is 74.4 cm³/mol. The van der Waals surface area contributed by atoms with E-state index >= 15 is 0 Å². The maximum atomic E-state index is 6.10. The molecule has 2 N–H and O–H groups in total. The van der Waals surface area contributed by atoms with Gasteiger partial charge < -0.3 is 10.3 Å². The van der Waals surface area contributed by atoms with E-state index in [0.29, 0.717) is 5.15 Å². The minimum absolute atomic E-state index is 0.547. The molecule has 0 aliphatic heterocycles. The molecule has 0 bridgehead atoms. The lowest BCUT2D eigenvalue weighted by molar-refractivity contribution is 0.780. The molecule has 0 saturated heterocycles. The molecule has 1 aromatic heterocycles. The molecule has 0 aliphatic rings. The molecular formula is C12H13BrClN3. The number of rotatable bonds is 4. The van der Waals surface area contributed by atoms with Crippen LogP contribution in [0.15, 0.2) is 28.7 Å². The number of benzene rings is 1. The van der Waals surface area contributed by atoms with Gasteiger partial charge in [0.25, 0.3) is 0 Å². The minimum Gasteiger partial charge on any atom is -0.340 e. The molecule has 0 amide bonds. The number of H-pyrrole nitrogens is 1. The molecule has 0 atom stereocenters. The summed E-state index contributed by atoms with van der Waals surface area (Å²) in [5.74, 6) is 0.800. The van der Waals surface area contributed by atoms with Crippen molar-refractivity contribution >= 4 is 27.5 Å². The summed E-state index contributed by atoms with van der Waals surface area (Å²) in [7, 11) is 1.92. The fourth-order valence-corrected chi connectivity index (χ4v) is 2.28. The highest BCUT2D eigenvalue weighted by atomic mass is 79.9. The standard InChI is InChI=1S/C12H13BrClN3/c1-15-7-6-10-11(14)17-12(16-10)8-4-2-3-5-9(8)13/h2-5,15H,6-7H2,1H3,(H,16,17). The first-order valence-electron chi connectivity index (χ1n) is 5.36. The average molecular weight is 315 g/mol. The Hall–Kier alpha value is -0.840. The van der Waals surface area contributed by atoms with Crippen molar-refractivity contribution in [3.8, 4) is 11.4 Å². The molecule has 0 spiro atoms. The van der Waals surface area contributed by atoms with Crippen LogP contribution < -0.4 is 5.32 Å². The van der Waals surface area contributed by atoms with Crippen molar-refractivity contribution in [1.29, 1.82) is 0 Å². The monoisotopic (exact) mass is 313 g/mol. The molecule has 2 rings (SSSR count). The second kappa shape index (κ2) is 5.67. The van der Waals surface area contributed by atoms with E-state index in [1.165, 1.54) is 0 Å². The first kappa shape index (κ1) is 12.6. The number of nitrogens with zero attached hydrogens (tertiary/aromatic N) is 1. The Labute approximate surface area is 114 Å². The van der Waals surface area contributed by atoms with Crippen LogP contribution in [0.3, 0.4) is 0 Å². The summed E-state index contributed by atoms with van der Waals surface area (Å²) in [6.07, 6.45) is 0.840. The predicted octanol–water partition coefficient (Wildman–Crippen LogP) is 3.25. The molecule has 17 heavy (non-hydrogen) atoms. The Balaban J connectivity index is 2.31. The third kappa shape index (κ3) is 2.89. The van der Waals surface area contributed by atoms with E-state index < -0.39 is 0 Å². The van der Waals surface area contributed by atoms with Gasteiger partial charge in [-0.2, -0.15) is 0 Å².